The second-order valence-corrected chi connectivity index (χ2v) is 9.05. The van der Waals surface area contributed by atoms with Crippen molar-refractivity contribution >= 4 is 45.6 Å². The summed E-state index contributed by atoms with van der Waals surface area (Å²) in [6, 6.07) is 12.9. The lowest BCUT2D eigenvalue weighted by Gasteiger charge is -2.22. The first-order valence-electron chi connectivity index (χ1n) is 11.2. The molecule has 1 unspecified atom stereocenters. The highest BCUT2D eigenvalue weighted by Gasteiger charge is 2.27. The van der Waals surface area contributed by atoms with E-state index in [1.807, 2.05) is 13.0 Å². The number of benzene rings is 3. The standard InChI is InChI=1S/C27H26Cl2N2O5/c1-15-24(29)6-5-22-23(13-30-25(15)22)27(34)26(21-4-3-17(28)9-16(21)14-33)31-18-10-19(35-2)12-20(11-18)36-8-7-32/h3-6,9-13,26,30-33H,7-8,14H2,1-2H3. The number of hydrogen-bond donors (Lipinski definition) is 4. The van der Waals surface area contributed by atoms with Gasteiger partial charge in [-0.05, 0) is 41.8 Å². The van der Waals surface area contributed by atoms with Gasteiger partial charge in [0.2, 0.25) is 0 Å². The van der Waals surface area contributed by atoms with Crippen LogP contribution in [0.3, 0.4) is 0 Å². The lowest BCUT2D eigenvalue weighted by Crippen LogP contribution is -2.23. The number of nitrogens with one attached hydrogen (secondary N) is 2. The summed E-state index contributed by atoms with van der Waals surface area (Å²) < 4.78 is 11.0. The smallest absolute Gasteiger partial charge is 0.191 e. The molecule has 0 fully saturated rings. The molecule has 36 heavy (non-hydrogen) atoms. The van der Waals surface area contributed by atoms with Crippen molar-refractivity contribution in [3.63, 3.8) is 0 Å². The van der Waals surface area contributed by atoms with E-state index in [2.05, 4.69) is 10.3 Å². The Morgan fingerprint density at radius 2 is 1.86 bits per heavy atom. The molecule has 1 atom stereocenters. The van der Waals surface area contributed by atoms with Crippen molar-refractivity contribution in [3.8, 4) is 11.5 Å². The first kappa shape index (κ1) is 25.9. The number of fused-ring (bicyclic) bond motifs is 1. The average Bonchev–Trinajstić information content (AvgIpc) is 3.32. The van der Waals surface area contributed by atoms with E-state index in [4.69, 9.17) is 37.8 Å². The van der Waals surface area contributed by atoms with E-state index in [1.165, 1.54) is 7.11 Å². The minimum absolute atomic E-state index is 0.109. The second kappa shape index (κ2) is 11.2. The molecule has 1 aromatic heterocycles. The number of carbonyl (C=O) groups excluding carboxylic acids is 1. The van der Waals surface area contributed by atoms with Gasteiger partial charge in [-0.1, -0.05) is 35.3 Å². The van der Waals surface area contributed by atoms with Crippen LogP contribution in [0.4, 0.5) is 5.69 Å². The van der Waals surface area contributed by atoms with Gasteiger partial charge in [-0.15, -0.1) is 0 Å². The number of ketones is 1. The lowest BCUT2D eigenvalue weighted by atomic mass is 9.93. The molecule has 1 heterocycles. The Hall–Kier alpha value is -3.23. The lowest BCUT2D eigenvalue weighted by molar-refractivity contribution is 0.0970. The number of aliphatic hydroxyl groups excluding tert-OH is 2. The van der Waals surface area contributed by atoms with E-state index in [0.717, 1.165) is 16.5 Å². The van der Waals surface area contributed by atoms with Crippen LogP contribution in [-0.2, 0) is 6.61 Å². The van der Waals surface area contributed by atoms with E-state index >= 15 is 0 Å². The topological polar surface area (TPSA) is 104 Å². The molecular weight excluding hydrogens is 503 g/mol. The molecule has 4 rings (SSSR count). The third kappa shape index (κ3) is 5.29. The van der Waals surface area contributed by atoms with Crippen LogP contribution in [0.25, 0.3) is 10.9 Å². The number of H-pyrrole nitrogens is 1. The molecule has 7 nitrogen and oxygen atoms in total. The Morgan fingerprint density at radius 1 is 1.08 bits per heavy atom. The van der Waals surface area contributed by atoms with Crippen molar-refractivity contribution in [2.75, 3.05) is 25.6 Å². The number of ether oxygens (including phenoxy) is 2. The maximum absolute atomic E-state index is 14.1. The van der Waals surface area contributed by atoms with Gasteiger partial charge in [0.25, 0.3) is 0 Å². The number of aliphatic hydroxyl groups is 2. The fourth-order valence-corrected chi connectivity index (χ4v) is 4.49. The summed E-state index contributed by atoms with van der Waals surface area (Å²) >= 11 is 12.5. The number of aromatic nitrogens is 1. The molecule has 4 aromatic rings. The molecule has 4 N–H and O–H groups in total. The van der Waals surface area contributed by atoms with Gasteiger partial charge in [-0.2, -0.15) is 0 Å². The largest absolute Gasteiger partial charge is 0.497 e. The summed E-state index contributed by atoms with van der Waals surface area (Å²) in [4.78, 5) is 17.2. The zero-order chi connectivity index (χ0) is 25.8. The Labute approximate surface area is 218 Å². The second-order valence-electron chi connectivity index (χ2n) is 8.21. The van der Waals surface area contributed by atoms with Crippen molar-refractivity contribution < 1.29 is 24.5 Å². The quantitative estimate of drug-likeness (QED) is 0.197. The maximum Gasteiger partial charge on any atom is 0.191 e. The van der Waals surface area contributed by atoms with Crippen LogP contribution in [0.15, 0.2) is 54.7 Å². The van der Waals surface area contributed by atoms with Crippen LogP contribution in [0.1, 0.15) is 33.1 Å². The number of anilines is 1. The molecule has 3 aromatic carbocycles. The number of aromatic amines is 1. The minimum Gasteiger partial charge on any atom is -0.497 e. The molecule has 0 aliphatic heterocycles. The molecule has 0 amide bonds. The molecule has 188 valence electrons. The van der Waals surface area contributed by atoms with Crippen LogP contribution in [0, 0.1) is 6.92 Å². The summed E-state index contributed by atoms with van der Waals surface area (Å²) in [5.74, 6) is 0.753. The van der Waals surface area contributed by atoms with Crippen LogP contribution in [-0.4, -0.2) is 41.3 Å². The number of halogens is 2. The molecular formula is C27H26Cl2N2O5. The van der Waals surface area contributed by atoms with E-state index < -0.39 is 6.04 Å². The highest BCUT2D eigenvalue weighted by molar-refractivity contribution is 6.32. The maximum atomic E-state index is 14.1. The molecule has 0 spiro atoms. The Balaban J connectivity index is 1.82. The van der Waals surface area contributed by atoms with Gasteiger partial charge in [-0.25, -0.2) is 0 Å². The Bertz CT molecular complexity index is 1400. The van der Waals surface area contributed by atoms with E-state index in [9.17, 15) is 9.90 Å². The van der Waals surface area contributed by atoms with Crippen molar-refractivity contribution in [2.24, 2.45) is 0 Å². The Morgan fingerprint density at radius 3 is 2.58 bits per heavy atom. The summed E-state index contributed by atoms with van der Waals surface area (Å²) in [6.45, 7) is 1.55. The monoisotopic (exact) mass is 528 g/mol. The SMILES string of the molecule is COc1cc(NC(C(=O)c2c[nH]c3c(C)c(Cl)ccc23)c2ccc(Cl)cc2CO)cc(OCCO)c1. The van der Waals surface area contributed by atoms with Gasteiger partial charge in [0.05, 0.1) is 25.8 Å². The molecule has 0 saturated heterocycles. The molecule has 0 aliphatic carbocycles. The number of hydrogen-bond acceptors (Lipinski definition) is 6. The first-order valence-corrected chi connectivity index (χ1v) is 12.0. The number of carbonyl (C=O) groups is 1. The Kier molecular flexibility index (Phi) is 8.06. The van der Waals surface area contributed by atoms with Crippen LogP contribution >= 0.6 is 23.2 Å². The normalized spacial score (nSPS) is 11.9. The van der Waals surface area contributed by atoms with Gasteiger partial charge >= 0.3 is 0 Å². The summed E-state index contributed by atoms with van der Waals surface area (Å²) in [5.41, 5.74) is 3.75. The van der Waals surface area contributed by atoms with Crippen LogP contribution in [0.2, 0.25) is 10.0 Å². The van der Waals surface area contributed by atoms with Gasteiger partial charge in [-0.3, -0.25) is 4.79 Å². The van der Waals surface area contributed by atoms with Gasteiger partial charge in [0, 0.05) is 51.1 Å². The number of rotatable bonds is 10. The highest BCUT2D eigenvalue weighted by Crippen LogP contribution is 2.35. The fraction of sp³-hybridized carbons (Fsp3) is 0.222. The summed E-state index contributed by atoms with van der Waals surface area (Å²) in [7, 11) is 1.53. The molecule has 0 aliphatic rings. The zero-order valence-corrected chi connectivity index (χ0v) is 21.3. The predicted molar refractivity (Wildman–Crippen MR) is 142 cm³/mol. The minimum atomic E-state index is -0.878. The van der Waals surface area contributed by atoms with Gasteiger partial charge in [0.15, 0.2) is 5.78 Å². The van der Waals surface area contributed by atoms with Gasteiger partial charge < -0.3 is 30.0 Å². The average molecular weight is 529 g/mol. The van der Waals surface area contributed by atoms with E-state index in [-0.39, 0.29) is 25.6 Å². The van der Waals surface area contributed by atoms with Crippen molar-refractivity contribution in [2.45, 2.75) is 19.6 Å². The van der Waals surface area contributed by atoms with Crippen LogP contribution in [0.5, 0.6) is 11.5 Å². The van der Waals surface area contributed by atoms with Gasteiger partial charge in [0.1, 0.15) is 24.1 Å². The number of Topliss-reactive ketones (excluding diaryl/α,β-unsaturated/α-hetero) is 1. The van der Waals surface area contributed by atoms with Crippen molar-refractivity contribution in [1.82, 2.24) is 4.98 Å². The molecule has 0 radical (unpaired) electrons. The highest BCUT2D eigenvalue weighted by atomic mass is 35.5. The summed E-state index contributed by atoms with van der Waals surface area (Å²) in [6.07, 6.45) is 1.67. The number of aryl methyl sites for hydroxylation is 1. The van der Waals surface area contributed by atoms with E-state index in [0.29, 0.717) is 43.9 Å². The summed E-state index contributed by atoms with van der Waals surface area (Å²) in [5, 5.41) is 24.3. The number of methoxy groups -OCH3 is 1. The molecule has 0 bridgehead atoms. The third-order valence-electron chi connectivity index (χ3n) is 5.95. The van der Waals surface area contributed by atoms with E-state index in [1.54, 1.807) is 48.7 Å². The predicted octanol–water partition coefficient (Wildman–Crippen LogP) is 5.69. The molecule has 0 saturated carbocycles. The third-order valence-corrected chi connectivity index (χ3v) is 6.60. The van der Waals surface area contributed by atoms with Crippen molar-refractivity contribution in [1.29, 1.82) is 0 Å². The van der Waals surface area contributed by atoms with Crippen LogP contribution < -0.4 is 14.8 Å². The fourth-order valence-electron chi connectivity index (χ4n) is 4.14. The molecule has 9 heteroatoms. The first-order chi connectivity index (χ1) is 17.4. The zero-order valence-electron chi connectivity index (χ0n) is 19.8. The van der Waals surface area contributed by atoms with Crippen molar-refractivity contribution in [3.05, 3.63) is 87.0 Å².